The molecule has 0 radical (unpaired) electrons. The third kappa shape index (κ3) is 2.25. The second-order valence-electron chi connectivity index (χ2n) is 7.52. The molecule has 4 aliphatic heterocycles. The number of fused-ring (bicyclic) bond motifs is 2. The Morgan fingerprint density at radius 3 is 2.60 bits per heavy atom. The number of aliphatic carboxylic acids is 1. The summed E-state index contributed by atoms with van der Waals surface area (Å²) in [5.41, 5.74) is -2.17. The van der Waals surface area contributed by atoms with E-state index >= 15 is 0 Å². The lowest BCUT2D eigenvalue weighted by atomic mass is 9.59. The Morgan fingerprint density at radius 1 is 1.24 bits per heavy atom. The number of hydrogen-bond acceptors (Lipinski definition) is 5. The standard InChI is InChI=1S/C16H19F3O6/c1-7-3-4-9-10(12(20)21)11(16(17,18)19)22-13-15(9)8(7)5-6-14(2,23-13)24-25-15/h7-9,13H,3-6H2,1-2H3,(H,20,21)/t7-,8?,9+,13-,14?,15-/m1/s1. The Balaban J connectivity index is 1.92. The first kappa shape index (κ1) is 17.1. The zero-order valence-electron chi connectivity index (χ0n) is 13.8. The average molecular weight is 364 g/mol. The Kier molecular flexibility index (Phi) is 3.50. The van der Waals surface area contributed by atoms with Crippen LogP contribution >= 0.6 is 0 Å². The maximum atomic E-state index is 13.5. The Morgan fingerprint density at radius 2 is 1.96 bits per heavy atom. The number of carbonyl (C=O) groups is 1. The maximum Gasteiger partial charge on any atom is 0.449 e. The van der Waals surface area contributed by atoms with E-state index in [-0.39, 0.29) is 18.3 Å². The van der Waals surface area contributed by atoms with Gasteiger partial charge in [-0.15, -0.1) is 0 Å². The number of rotatable bonds is 1. The van der Waals surface area contributed by atoms with Crippen LogP contribution in [-0.2, 0) is 24.0 Å². The third-order valence-corrected chi connectivity index (χ3v) is 6.02. The van der Waals surface area contributed by atoms with Crippen molar-refractivity contribution in [3.63, 3.8) is 0 Å². The summed E-state index contributed by atoms with van der Waals surface area (Å²) in [6, 6.07) is 0. The number of hydrogen-bond donors (Lipinski definition) is 1. The van der Waals surface area contributed by atoms with Gasteiger partial charge in [0.1, 0.15) is 0 Å². The number of allylic oxidation sites excluding steroid dienone is 1. The van der Waals surface area contributed by atoms with Gasteiger partial charge in [-0.25, -0.2) is 14.6 Å². The van der Waals surface area contributed by atoms with Crippen LogP contribution in [0.15, 0.2) is 11.3 Å². The molecule has 4 heterocycles. The minimum Gasteiger partial charge on any atom is -0.478 e. The van der Waals surface area contributed by atoms with Crippen LogP contribution in [0.3, 0.4) is 0 Å². The van der Waals surface area contributed by atoms with Gasteiger partial charge in [0.15, 0.2) is 5.60 Å². The van der Waals surface area contributed by atoms with Gasteiger partial charge in [-0.2, -0.15) is 13.2 Å². The number of alkyl halides is 3. The van der Waals surface area contributed by atoms with Crippen LogP contribution in [0, 0.1) is 17.8 Å². The van der Waals surface area contributed by atoms with Gasteiger partial charge in [0, 0.05) is 18.3 Å². The molecule has 140 valence electrons. The van der Waals surface area contributed by atoms with Crippen molar-refractivity contribution >= 4 is 5.97 Å². The number of carboxylic acids is 1. The molecule has 5 aliphatic rings. The number of carboxylic acid groups (broad SMARTS) is 1. The lowest BCUT2D eigenvalue weighted by Crippen LogP contribution is -2.67. The maximum absolute atomic E-state index is 13.5. The largest absolute Gasteiger partial charge is 0.478 e. The molecular formula is C16H19F3O6. The Hall–Kier alpha value is -1.32. The lowest BCUT2D eigenvalue weighted by molar-refractivity contribution is -0.557. The summed E-state index contributed by atoms with van der Waals surface area (Å²) in [6.45, 7) is 3.57. The summed E-state index contributed by atoms with van der Waals surface area (Å²) in [5.74, 6) is -5.46. The summed E-state index contributed by atoms with van der Waals surface area (Å²) in [4.78, 5) is 22.8. The first-order valence-corrected chi connectivity index (χ1v) is 8.34. The van der Waals surface area contributed by atoms with Crippen LogP contribution in [0.1, 0.15) is 39.5 Å². The molecule has 0 aromatic heterocycles. The minimum absolute atomic E-state index is 0.123. The van der Waals surface area contributed by atoms with Gasteiger partial charge in [0.2, 0.25) is 17.8 Å². The predicted molar refractivity (Wildman–Crippen MR) is 74.6 cm³/mol. The molecule has 25 heavy (non-hydrogen) atoms. The highest BCUT2D eigenvalue weighted by atomic mass is 19.4. The molecule has 2 unspecified atom stereocenters. The van der Waals surface area contributed by atoms with Gasteiger partial charge in [-0.3, -0.25) is 0 Å². The van der Waals surface area contributed by atoms with Gasteiger partial charge in [0.25, 0.3) is 0 Å². The molecule has 0 aromatic rings. The zero-order chi connectivity index (χ0) is 18.2. The van der Waals surface area contributed by atoms with E-state index in [1.54, 1.807) is 6.92 Å². The van der Waals surface area contributed by atoms with E-state index < -0.39 is 47.1 Å². The highest BCUT2D eigenvalue weighted by molar-refractivity contribution is 5.88. The van der Waals surface area contributed by atoms with Gasteiger partial charge in [-0.1, -0.05) is 6.92 Å². The molecule has 4 fully saturated rings. The fraction of sp³-hybridized carbons (Fsp3) is 0.812. The van der Waals surface area contributed by atoms with Gasteiger partial charge in [-0.05, 0) is 32.1 Å². The van der Waals surface area contributed by atoms with E-state index in [1.165, 1.54) is 0 Å². The fourth-order valence-electron chi connectivity index (χ4n) is 4.87. The Labute approximate surface area is 141 Å². The summed E-state index contributed by atoms with van der Waals surface area (Å²) in [6.07, 6.45) is -4.41. The van der Waals surface area contributed by atoms with E-state index in [0.717, 1.165) is 0 Å². The summed E-state index contributed by atoms with van der Waals surface area (Å²) < 4.78 is 51.3. The second kappa shape index (κ2) is 5.11. The van der Waals surface area contributed by atoms with Crippen molar-refractivity contribution in [3.8, 4) is 0 Å². The number of halogens is 3. The molecule has 0 aromatic carbocycles. The number of ether oxygens (including phenoxy) is 2. The van der Waals surface area contributed by atoms with E-state index in [9.17, 15) is 23.1 Å². The molecule has 1 saturated carbocycles. The third-order valence-electron chi connectivity index (χ3n) is 6.02. The van der Waals surface area contributed by atoms with Crippen molar-refractivity contribution in [3.05, 3.63) is 11.3 Å². The van der Waals surface area contributed by atoms with Crippen LogP contribution in [-0.4, -0.2) is 34.9 Å². The molecular weight excluding hydrogens is 345 g/mol. The summed E-state index contributed by atoms with van der Waals surface area (Å²) in [5, 5.41) is 9.51. The topological polar surface area (TPSA) is 74.2 Å². The zero-order valence-corrected chi connectivity index (χ0v) is 13.8. The SMILES string of the molecule is C[C@@H]1CC[C@H]2C(C(=O)O)=C(C(F)(F)F)O[C@@H]3OC4(C)CCC1[C@]32OO4. The second-order valence-corrected chi connectivity index (χ2v) is 7.52. The van der Waals surface area contributed by atoms with E-state index in [0.29, 0.717) is 19.3 Å². The first-order chi connectivity index (χ1) is 11.6. The Bertz CT molecular complexity index is 646. The van der Waals surface area contributed by atoms with E-state index in [4.69, 9.17) is 19.2 Å². The predicted octanol–water partition coefficient (Wildman–Crippen LogP) is 3.13. The van der Waals surface area contributed by atoms with Crippen LogP contribution in [0.5, 0.6) is 0 Å². The van der Waals surface area contributed by atoms with Crippen LogP contribution in [0.2, 0.25) is 0 Å². The monoisotopic (exact) mass is 364 g/mol. The minimum atomic E-state index is -4.93. The van der Waals surface area contributed by atoms with Gasteiger partial charge < -0.3 is 14.6 Å². The van der Waals surface area contributed by atoms with Crippen molar-refractivity contribution in [1.29, 1.82) is 0 Å². The lowest BCUT2D eigenvalue weighted by Gasteiger charge is -2.56. The highest BCUT2D eigenvalue weighted by Gasteiger charge is 2.71. The molecule has 3 saturated heterocycles. The molecule has 1 aliphatic carbocycles. The molecule has 0 amide bonds. The fourth-order valence-corrected chi connectivity index (χ4v) is 4.87. The molecule has 2 bridgehead atoms. The normalized spacial score (nSPS) is 46.3. The van der Waals surface area contributed by atoms with E-state index in [1.807, 2.05) is 6.92 Å². The quantitative estimate of drug-likeness (QED) is 0.721. The van der Waals surface area contributed by atoms with Crippen molar-refractivity contribution in [2.75, 3.05) is 0 Å². The van der Waals surface area contributed by atoms with Crippen molar-refractivity contribution < 1.29 is 42.3 Å². The van der Waals surface area contributed by atoms with Crippen molar-refractivity contribution in [1.82, 2.24) is 0 Å². The molecule has 6 atom stereocenters. The van der Waals surface area contributed by atoms with Gasteiger partial charge >= 0.3 is 12.1 Å². The summed E-state index contributed by atoms with van der Waals surface area (Å²) >= 11 is 0. The molecule has 1 spiro atoms. The molecule has 6 nitrogen and oxygen atoms in total. The van der Waals surface area contributed by atoms with E-state index in [2.05, 4.69) is 0 Å². The molecule has 1 N–H and O–H groups in total. The van der Waals surface area contributed by atoms with Gasteiger partial charge in [0.05, 0.1) is 5.57 Å². The first-order valence-electron chi connectivity index (χ1n) is 8.34. The van der Waals surface area contributed by atoms with Crippen LogP contribution in [0.4, 0.5) is 13.2 Å². The van der Waals surface area contributed by atoms with Crippen LogP contribution < -0.4 is 0 Å². The van der Waals surface area contributed by atoms with Crippen molar-refractivity contribution in [2.24, 2.45) is 17.8 Å². The van der Waals surface area contributed by atoms with Crippen molar-refractivity contribution in [2.45, 2.75) is 63.4 Å². The average Bonchev–Trinajstić information content (AvgIpc) is 2.73. The summed E-state index contributed by atoms with van der Waals surface area (Å²) in [7, 11) is 0. The molecule has 5 rings (SSSR count). The molecule has 9 heteroatoms. The van der Waals surface area contributed by atoms with Crippen LogP contribution in [0.25, 0.3) is 0 Å². The smallest absolute Gasteiger partial charge is 0.449 e. The highest BCUT2D eigenvalue weighted by Crippen LogP contribution is 2.61.